The molecule has 4 rings (SSSR count). The van der Waals surface area contributed by atoms with E-state index in [4.69, 9.17) is 0 Å². The normalized spacial score (nSPS) is 11.0. The van der Waals surface area contributed by atoms with Gasteiger partial charge in [-0.1, -0.05) is 6.07 Å². The third-order valence-corrected chi connectivity index (χ3v) is 4.91. The number of benzene rings is 2. The zero-order valence-corrected chi connectivity index (χ0v) is 18.4. The minimum absolute atomic E-state index is 0.109. The fraction of sp³-hybridized carbons (Fsp3) is 0.208. The van der Waals surface area contributed by atoms with Crippen molar-refractivity contribution < 1.29 is 4.79 Å². The van der Waals surface area contributed by atoms with Gasteiger partial charge in [0.25, 0.3) is 5.91 Å². The Hall–Kier alpha value is -3.91. The molecule has 0 atom stereocenters. The van der Waals surface area contributed by atoms with Gasteiger partial charge in [-0.25, -0.2) is 4.98 Å². The van der Waals surface area contributed by atoms with E-state index in [9.17, 15) is 4.79 Å². The molecule has 0 unspecified atom stereocenters. The van der Waals surface area contributed by atoms with Crippen LogP contribution in [-0.4, -0.2) is 52.9 Å². The first-order chi connectivity index (χ1) is 15.5. The SMILES string of the molecule is Cc1cc2cc(Nc3ccnc(Nc4cccc(C(=O)NCCN(C)C)c4)n3)ccc2[nH]1. The molecule has 0 aliphatic carbocycles. The van der Waals surface area contributed by atoms with E-state index in [1.54, 1.807) is 18.3 Å². The molecule has 8 nitrogen and oxygen atoms in total. The number of aromatic nitrogens is 3. The molecule has 4 aromatic rings. The third kappa shape index (κ3) is 5.41. The summed E-state index contributed by atoms with van der Waals surface area (Å²) in [6.07, 6.45) is 1.69. The zero-order chi connectivity index (χ0) is 22.5. The van der Waals surface area contributed by atoms with Crippen LogP contribution in [0.1, 0.15) is 16.1 Å². The van der Waals surface area contributed by atoms with Crippen molar-refractivity contribution in [2.45, 2.75) is 6.92 Å². The quantitative estimate of drug-likeness (QED) is 0.337. The van der Waals surface area contributed by atoms with Crippen LogP contribution in [-0.2, 0) is 0 Å². The highest BCUT2D eigenvalue weighted by molar-refractivity contribution is 5.95. The first-order valence-corrected chi connectivity index (χ1v) is 10.5. The number of carbonyl (C=O) groups excluding carboxylic acids is 1. The van der Waals surface area contributed by atoms with Gasteiger partial charge < -0.3 is 25.8 Å². The van der Waals surface area contributed by atoms with Crippen molar-refractivity contribution in [3.63, 3.8) is 0 Å². The van der Waals surface area contributed by atoms with Gasteiger partial charge >= 0.3 is 0 Å². The molecule has 2 aromatic heterocycles. The lowest BCUT2D eigenvalue weighted by molar-refractivity contribution is 0.0951. The number of aryl methyl sites for hydroxylation is 1. The summed E-state index contributed by atoms with van der Waals surface area (Å²) in [5, 5.41) is 10.6. The molecule has 1 amide bonds. The number of nitrogens with one attached hydrogen (secondary N) is 4. The summed E-state index contributed by atoms with van der Waals surface area (Å²) in [5.74, 6) is 1.01. The van der Waals surface area contributed by atoms with E-state index in [1.807, 2.05) is 56.3 Å². The Morgan fingerprint density at radius 3 is 2.72 bits per heavy atom. The highest BCUT2D eigenvalue weighted by atomic mass is 16.1. The van der Waals surface area contributed by atoms with Crippen LogP contribution in [0.2, 0.25) is 0 Å². The van der Waals surface area contributed by atoms with Crippen LogP contribution < -0.4 is 16.0 Å². The molecular formula is C24H27N7O. The van der Waals surface area contributed by atoms with Crippen molar-refractivity contribution in [2.75, 3.05) is 37.8 Å². The van der Waals surface area contributed by atoms with Gasteiger partial charge in [-0.15, -0.1) is 0 Å². The molecule has 0 fully saturated rings. The third-order valence-electron chi connectivity index (χ3n) is 4.91. The molecule has 0 aliphatic rings. The molecule has 4 N–H and O–H groups in total. The maximum Gasteiger partial charge on any atom is 0.251 e. The maximum absolute atomic E-state index is 12.4. The number of nitrogens with zero attached hydrogens (tertiary/aromatic N) is 3. The first-order valence-electron chi connectivity index (χ1n) is 10.5. The van der Waals surface area contributed by atoms with Gasteiger partial charge in [0.1, 0.15) is 5.82 Å². The molecule has 0 aliphatic heterocycles. The molecular weight excluding hydrogens is 402 g/mol. The summed E-state index contributed by atoms with van der Waals surface area (Å²) in [6.45, 7) is 3.42. The lowest BCUT2D eigenvalue weighted by atomic mass is 10.2. The van der Waals surface area contributed by atoms with Gasteiger partial charge in [0.15, 0.2) is 0 Å². The van der Waals surface area contributed by atoms with Crippen molar-refractivity contribution in [2.24, 2.45) is 0 Å². The lowest BCUT2D eigenvalue weighted by Crippen LogP contribution is -2.31. The number of H-pyrrole nitrogens is 1. The highest BCUT2D eigenvalue weighted by Gasteiger charge is 2.08. The van der Waals surface area contributed by atoms with Gasteiger partial charge in [0.2, 0.25) is 5.95 Å². The number of aromatic amines is 1. The molecule has 2 aromatic carbocycles. The second-order valence-corrected chi connectivity index (χ2v) is 7.91. The number of fused-ring (bicyclic) bond motifs is 1. The number of hydrogen-bond acceptors (Lipinski definition) is 6. The summed E-state index contributed by atoms with van der Waals surface area (Å²) in [7, 11) is 3.94. The van der Waals surface area contributed by atoms with Gasteiger partial charge in [0.05, 0.1) is 0 Å². The van der Waals surface area contributed by atoms with Gasteiger partial charge in [-0.2, -0.15) is 4.98 Å². The largest absolute Gasteiger partial charge is 0.359 e. The Labute approximate surface area is 187 Å². The predicted molar refractivity (Wildman–Crippen MR) is 129 cm³/mol. The van der Waals surface area contributed by atoms with Crippen molar-refractivity contribution in [1.29, 1.82) is 0 Å². The van der Waals surface area contributed by atoms with E-state index >= 15 is 0 Å². The standard InChI is InChI=1S/C24H27N7O/c1-16-13-18-15-20(7-8-21(18)27-16)28-22-9-10-26-24(30-22)29-19-6-4-5-17(14-19)23(32)25-11-12-31(2)3/h4-10,13-15,27H,11-12H2,1-3H3,(H,25,32)(H2,26,28,29,30). The van der Waals surface area contributed by atoms with Crippen molar-refractivity contribution in [3.8, 4) is 0 Å². The van der Waals surface area contributed by atoms with E-state index in [2.05, 4.69) is 43.0 Å². The number of anilines is 4. The van der Waals surface area contributed by atoms with E-state index in [-0.39, 0.29) is 5.91 Å². The fourth-order valence-corrected chi connectivity index (χ4v) is 3.35. The molecule has 8 heteroatoms. The summed E-state index contributed by atoms with van der Waals surface area (Å²) in [5.41, 5.74) is 4.49. The van der Waals surface area contributed by atoms with E-state index in [1.165, 1.54) is 0 Å². The molecule has 0 saturated heterocycles. The molecule has 0 radical (unpaired) electrons. The minimum atomic E-state index is -0.109. The predicted octanol–water partition coefficient (Wildman–Crippen LogP) is 4.04. The molecule has 164 valence electrons. The van der Waals surface area contributed by atoms with Crippen molar-refractivity contribution >= 4 is 40.0 Å². The number of carbonyl (C=O) groups is 1. The monoisotopic (exact) mass is 429 g/mol. The molecule has 32 heavy (non-hydrogen) atoms. The second-order valence-electron chi connectivity index (χ2n) is 7.91. The van der Waals surface area contributed by atoms with Crippen LogP contribution in [0.3, 0.4) is 0 Å². The Bertz CT molecular complexity index is 1230. The van der Waals surface area contributed by atoms with Crippen molar-refractivity contribution in [3.05, 3.63) is 72.1 Å². The van der Waals surface area contributed by atoms with Crippen molar-refractivity contribution in [1.82, 2.24) is 25.2 Å². The number of hydrogen-bond donors (Lipinski definition) is 4. The van der Waals surface area contributed by atoms with Gasteiger partial charge in [0, 0.05) is 52.8 Å². The molecule has 0 bridgehead atoms. The fourth-order valence-electron chi connectivity index (χ4n) is 3.35. The summed E-state index contributed by atoms with van der Waals surface area (Å²) in [6, 6.07) is 17.3. The van der Waals surface area contributed by atoms with Crippen LogP contribution in [0.15, 0.2) is 60.8 Å². The maximum atomic E-state index is 12.4. The molecule has 2 heterocycles. The minimum Gasteiger partial charge on any atom is -0.359 e. The molecule has 0 spiro atoms. The number of likely N-dealkylation sites (N-methyl/N-ethyl adjacent to an activating group) is 1. The summed E-state index contributed by atoms with van der Waals surface area (Å²) >= 11 is 0. The van der Waals surface area contributed by atoms with Gasteiger partial charge in [-0.3, -0.25) is 4.79 Å². The van der Waals surface area contributed by atoms with E-state index < -0.39 is 0 Å². The van der Waals surface area contributed by atoms with Crippen LogP contribution >= 0.6 is 0 Å². The first kappa shape index (κ1) is 21.3. The summed E-state index contributed by atoms with van der Waals surface area (Å²) < 4.78 is 0. The summed E-state index contributed by atoms with van der Waals surface area (Å²) in [4.78, 5) is 26.6. The Morgan fingerprint density at radius 2 is 1.88 bits per heavy atom. The van der Waals surface area contributed by atoms with Gasteiger partial charge in [-0.05, 0) is 69.6 Å². The number of amides is 1. The van der Waals surface area contributed by atoms with Crippen LogP contribution in [0.5, 0.6) is 0 Å². The smallest absolute Gasteiger partial charge is 0.251 e. The van der Waals surface area contributed by atoms with Crippen LogP contribution in [0.25, 0.3) is 10.9 Å². The lowest BCUT2D eigenvalue weighted by Gasteiger charge is -2.11. The van der Waals surface area contributed by atoms with Crippen LogP contribution in [0, 0.1) is 6.92 Å². The van der Waals surface area contributed by atoms with E-state index in [0.29, 0.717) is 23.9 Å². The second kappa shape index (κ2) is 9.49. The Balaban J connectivity index is 1.43. The zero-order valence-electron chi connectivity index (χ0n) is 18.4. The Morgan fingerprint density at radius 1 is 1.03 bits per heavy atom. The number of rotatable bonds is 8. The average Bonchev–Trinajstić information content (AvgIpc) is 3.13. The van der Waals surface area contributed by atoms with E-state index in [0.717, 1.165) is 34.5 Å². The molecule has 0 saturated carbocycles. The topological polar surface area (TPSA) is 98.0 Å². The Kier molecular flexibility index (Phi) is 6.32. The highest BCUT2D eigenvalue weighted by Crippen LogP contribution is 2.23. The average molecular weight is 430 g/mol. The van der Waals surface area contributed by atoms with Crippen LogP contribution in [0.4, 0.5) is 23.1 Å².